The Morgan fingerprint density at radius 3 is 3.10 bits per heavy atom. The van der Waals surface area contributed by atoms with Gasteiger partial charge in [-0.25, -0.2) is 4.39 Å². The lowest BCUT2D eigenvalue weighted by atomic mass is 9.61. The lowest BCUT2D eigenvalue weighted by molar-refractivity contribution is -0.137. The van der Waals surface area contributed by atoms with E-state index in [1.165, 1.54) is 12.1 Å². The zero-order valence-corrected chi connectivity index (χ0v) is 12.2. The molecule has 114 valence electrons. The van der Waals surface area contributed by atoms with Crippen molar-refractivity contribution in [2.45, 2.75) is 19.3 Å². The van der Waals surface area contributed by atoms with Crippen LogP contribution < -0.4 is 15.4 Å². The molecule has 1 aliphatic carbocycles. The van der Waals surface area contributed by atoms with Crippen LogP contribution in [0.2, 0.25) is 0 Å². The molecule has 21 heavy (non-hydrogen) atoms. The molecule has 1 aromatic rings. The van der Waals surface area contributed by atoms with Crippen LogP contribution in [0.1, 0.15) is 18.4 Å². The molecule has 0 unspecified atom stereocenters. The molecule has 1 amide bonds. The minimum absolute atomic E-state index is 0.138. The van der Waals surface area contributed by atoms with E-state index in [0.29, 0.717) is 24.6 Å². The summed E-state index contributed by atoms with van der Waals surface area (Å²) in [6.45, 7) is 2.24. The zero-order chi connectivity index (χ0) is 14.9. The van der Waals surface area contributed by atoms with Crippen LogP contribution in [0.5, 0.6) is 5.75 Å². The highest BCUT2D eigenvalue weighted by Crippen LogP contribution is 2.49. The maximum Gasteiger partial charge on any atom is 0.227 e. The van der Waals surface area contributed by atoms with Crippen molar-refractivity contribution in [3.63, 3.8) is 0 Å². The number of hydrogen-bond donors (Lipinski definition) is 2. The Bertz CT molecular complexity index is 549. The number of rotatable bonds is 5. The number of fused-ring (bicyclic) bond motifs is 1. The maximum atomic E-state index is 13.3. The molecule has 1 heterocycles. The van der Waals surface area contributed by atoms with Crippen LogP contribution >= 0.6 is 0 Å². The number of carbonyl (C=O) groups is 1. The fourth-order valence-corrected chi connectivity index (χ4v) is 3.50. The van der Waals surface area contributed by atoms with E-state index in [0.717, 1.165) is 31.5 Å². The molecule has 2 atom stereocenters. The number of methoxy groups -OCH3 is 1. The molecular formula is C16H21FN2O2. The largest absolute Gasteiger partial charge is 0.496 e. The second-order valence-corrected chi connectivity index (χ2v) is 5.98. The summed E-state index contributed by atoms with van der Waals surface area (Å²) in [7, 11) is 1.57. The number of nitrogens with one attached hydrogen (secondary N) is 2. The summed E-state index contributed by atoms with van der Waals surface area (Å²) in [6.07, 6.45) is 2.68. The Hall–Kier alpha value is -1.62. The minimum Gasteiger partial charge on any atom is -0.496 e. The van der Waals surface area contributed by atoms with E-state index in [9.17, 15) is 9.18 Å². The van der Waals surface area contributed by atoms with Crippen LogP contribution in [0.3, 0.4) is 0 Å². The quantitative estimate of drug-likeness (QED) is 0.864. The maximum absolute atomic E-state index is 13.3. The molecule has 1 saturated carbocycles. The minimum atomic E-state index is -0.283. The van der Waals surface area contributed by atoms with E-state index in [-0.39, 0.29) is 17.1 Å². The lowest BCUT2D eigenvalue weighted by Gasteiger charge is -2.42. The lowest BCUT2D eigenvalue weighted by Crippen LogP contribution is -2.52. The Morgan fingerprint density at radius 1 is 1.57 bits per heavy atom. The molecule has 0 bridgehead atoms. The summed E-state index contributed by atoms with van der Waals surface area (Å²) >= 11 is 0. The monoisotopic (exact) mass is 292 g/mol. The van der Waals surface area contributed by atoms with Crippen molar-refractivity contribution in [2.75, 3.05) is 26.7 Å². The highest BCUT2D eigenvalue weighted by atomic mass is 19.1. The van der Waals surface area contributed by atoms with Gasteiger partial charge in [0, 0.05) is 13.1 Å². The smallest absolute Gasteiger partial charge is 0.227 e. The Morgan fingerprint density at radius 2 is 2.43 bits per heavy atom. The van der Waals surface area contributed by atoms with E-state index in [1.54, 1.807) is 13.2 Å². The highest BCUT2D eigenvalue weighted by molar-refractivity contribution is 5.84. The van der Waals surface area contributed by atoms with Gasteiger partial charge in [0.05, 0.1) is 12.5 Å². The van der Waals surface area contributed by atoms with Gasteiger partial charge in [-0.05, 0) is 55.5 Å². The third-order valence-corrected chi connectivity index (χ3v) is 4.93. The first-order valence-corrected chi connectivity index (χ1v) is 7.47. The van der Waals surface area contributed by atoms with E-state index in [4.69, 9.17) is 4.74 Å². The summed E-state index contributed by atoms with van der Waals surface area (Å²) in [5.74, 6) is 1.00. The van der Waals surface area contributed by atoms with Crippen molar-refractivity contribution in [1.29, 1.82) is 0 Å². The second kappa shape index (κ2) is 5.64. The average molecular weight is 292 g/mol. The van der Waals surface area contributed by atoms with Crippen molar-refractivity contribution in [2.24, 2.45) is 11.3 Å². The van der Waals surface area contributed by atoms with E-state index in [1.807, 2.05) is 0 Å². The van der Waals surface area contributed by atoms with Crippen LogP contribution in [0.4, 0.5) is 4.39 Å². The van der Waals surface area contributed by atoms with E-state index < -0.39 is 0 Å². The van der Waals surface area contributed by atoms with Gasteiger partial charge in [0.15, 0.2) is 0 Å². The van der Waals surface area contributed by atoms with Crippen molar-refractivity contribution >= 4 is 5.91 Å². The molecule has 4 nitrogen and oxygen atoms in total. The van der Waals surface area contributed by atoms with Gasteiger partial charge < -0.3 is 15.4 Å². The van der Waals surface area contributed by atoms with Gasteiger partial charge in [0.1, 0.15) is 11.6 Å². The molecule has 5 heteroatoms. The Kier molecular flexibility index (Phi) is 3.85. The topological polar surface area (TPSA) is 50.4 Å². The number of carbonyl (C=O) groups excluding carboxylic acids is 1. The van der Waals surface area contributed by atoms with Gasteiger partial charge in [0.25, 0.3) is 0 Å². The molecule has 1 saturated heterocycles. The first-order valence-electron chi connectivity index (χ1n) is 7.47. The van der Waals surface area contributed by atoms with Gasteiger partial charge in [-0.3, -0.25) is 4.79 Å². The Labute approximate surface area is 124 Å². The van der Waals surface area contributed by atoms with E-state index in [2.05, 4.69) is 10.6 Å². The predicted octanol–water partition coefficient (Wildman–Crippen LogP) is 1.49. The SMILES string of the molecule is COc1ccc(F)cc1CCNC(=O)[C@]12CC[C@H]1CNC2. The van der Waals surface area contributed by atoms with Crippen molar-refractivity contribution in [3.8, 4) is 5.75 Å². The van der Waals surface area contributed by atoms with Crippen LogP contribution in [0, 0.1) is 17.2 Å². The molecule has 1 aromatic carbocycles. The molecular weight excluding hydrogens is 271 g/mol. The summed E-state index contributed by atoms with van der Waals surface area (Å²) in [5, 5.41) is 6.32. The van der Waals surface area contributed by atoms with Gasteiger partial charge in [-0.1, -0.05) is 0 Å². The van der Waals surface area contributed by atoms with Gasteiger partial charge >= 0.3 is 0 Å². The predicted molar refractivity (Wildman–Crippen MR) is 77.7 cm³/mol. The van der Waals surface area contributed by atoms with Crippen LogP contribution in [0.15, 0.2) is 18.2 Å². The van der Waals surface area contributed by atoms with Gasteiger partial charge in [0.2, 0.25) is 5.91 Å². The number of amides is 1. The molecule has 1 aliphatic heterocycles. The summed E-state index contributed by atoms with van der Waals surface area (Å²) in [4.78, 5) is 12.4. The third-order valence-electron chi connectivity index (χ3n) is 4.93. The van der Waals surface area contributed by atoms with Crippen LogP contribution in [-0.2, 0) is 11.2 Å². The van der Waals surface area contributed by atoms with Crippen molar-refractivity contribution in [1.82, 2.24) is 10.6 Å². The standard InChI is InChI=1S/C16H21FN2O2/c1-21-14-3-2-13(17)8-11(14)5-7-19-15(20)16-6-4-12(16)9-18-10-16/h2-3,8,12,18H,4-7,9-10H2,1H3,(H,19,20)/t12-,16-/m0/s1. The van der Waals surface area contributed by atoms with Crippen molar-refractivity contribution in [3.05, 3.63) is 29.6 Å². The van der Waals surface area contributed by atoms with Gasteiger partial charge in [-0.2, -0.15) is 0 Å². The first kappa shape index (κ1) is 14.3. The molecule has 3 rings (SSSR count). The first-order chi connectivity index (χ1) is 10.2. The molecule has 2 fully saturated rings. The summed E-state index contributed by atoms with van der Waals surface area (Å²) in [6, 6.07) is 4.46. The summed E-state index contributed by atoms with van der Waals surface area (Å²) < 4.78 is 18.5. The zero-order valence-electron chi connectivity index (χ0n) is 12.2. The number of halogens is 1. The molecule has 2 aliphatic rings. The van der Waals surface area contributed by atoms with Crippen LogP contribution in [0.25, 0.3) is 0 Å². The van der Waals surface area contributed by atoms with Gasteiger partial charge in [-0.15, -0.1) is 0 Å². The number of benzene rings is 1. The fourth-order valence-electron chi connectivity index (χ4n) is 3.50. The number of hydrogen-bond acceptors (Lipinski definition) is 3. The van der Waals surface area contributed by atoms with Crippen molar-refractivity contribution < 1.29 is 13.9 Å². The second-order valence-electron chi connectivity index (χ2n) is 5.98. The fraction of sp³-hybridized carbons (Fsp3) is 0.562. The number of ether oxygens (including phenoxy) is 1. The molecule has 0 radical (unpaired) electrons. The summed E-state index contributed by atoms with van der Waals surface area (Å²) in [5.41, 5.74) is 0.594. The third kappa shape index (κ3) is 2.50. The average Bonchev–Trinajstić information content (AvgIpc) is 2.75. The molecule has 0 aromatic heterocycles. The Balaban J connectivity index is 1.57. The normalized spacial score (nSPS) is 26.9. The molecule has 0 spiro atoms. The molecule has 2 N–H and O–H groups in total. The highest BCUT2D eigenvalue weighted by Gasteiger charge is 2.54. The van der Waals surface area contributed by atoms with Crippen LogP contribution in [-0.4, -0.2) is 32.7 Å². The van der Waals surface area contributed by atoms with E-state index >= 15 is 0 Å².